The molecule has 0 saturated carbocycles. The molecule has 0 radical (unpaired) electrons. The molecule has 0 bridgehead atoms. The molecule has 1 amide bonds. The van der Waals surface area contributed by atoms with Gasteiger partial charge in [0.15, 0.2) is 0 Å². The summed E-state index contributed by atoms with van der Waals surface area (Å²) < 4.78 is 19.6. The van der Waals surface area contributed by atoms with Crippen molar-refractivity contribution in [2.45, 2.75) is 12.5 Å². The molecule has 5 heteroatoms. The van der Waals surface area contributed by atoms with Crippen LogP contribution in [0, 0.1) is 5.82 Å². The number of hydrogen-bond acceptors (Lipinski definition) is 3. The molecule has 1 atom stereocenters. The second kappa shape index (κ2) is 7.81. The fourth-order valence-electron chi connectivity index (χ4n) is 2.76. The third-order valence-electron chi connectivity index (χ3n) is 4.48. The molecule has 0 saturated heterocycles. The predicted molar refractivity (Wildman–Crippen MR) is 103 cm³/mol. The summed E-state index contributed by atoms with van der Waals surface area (Å²) in [5.41, 5.74) is 2.22. The molecule has 2 aromatic carbocycles. The van der Waals surface area contributed by atoms with Gasteiger partial charge < -0.3 is 10.1 Å². The number of amides is 1. The molecule has 1 N–H and O–H groups in total. The minimum Gasteiger partial charge on any atom is -0.372 e. The number of rotatable bonds is 6. The zero-order valence-corrected chi connectivity index (χ0v) is 15.5. The number of thiophene rings is 1. The Bertz CT molecular complexity index is 877. The monoisotopic (exact) mass is 369 g/mol. The van der Waals surface area contributed by atoms with Crippen LogP contribution in [0.3, 0.4) is 0 Å². The van der Waals surface area contributed by atoms with Crippen LogP contribution in [-0.4, -0.2) is 19.6 Å². The lowest BCUT2D eigenvalue weighted by Crippen LogP contribution is -2.40. The van der Waals surface area contributed by atoms with Gasteiger partial charge in [-0.1, -0.05) is 30.3 Å². The highest BCUT2D eigenvalue weighted by atomic mass is 32.1. The lowest BCUT2D eigenvalue weighted by Gasteiger charge is -2.29. The Morgan fingerprint density at radius 1 is 1.12 bits per heavy atom. The van der Waals surface area contributed by atoms with Gasteiger partial charge in [0.25, 0.3) is 5.91 Å². The van der Waals surface area contributed by atoms with E-state index in [0.717, 1.165) is 11.1 Å². The average Bonchev–Trinajstić information content (AvgIpc) is 3.21. The lowest BCUT2D eigenvalue weighted by molar-refractivity contribution is 0.000389. The molecule has 3 rings (SSSR count). The quantitative estimate of drug-likeness (QED) is 0.675. The molecule has 0 fully saturated rings. The number of hydrogen-bond donors (Lipinski definition) is 1. The third-order valence-corrected chi connectivity index (χ3v) is 5.17. The summed E-state index contributed by atoms with van der Waals surface area (Å²) in [4.78, 5) is 12.5. The first-order chi connectivity index (χ1) is 12.5. The van der Waals surface area contributed by atoms with Crippen LogP contribution >= 0.6 is 11.3 Å². The summed E-state index contributed by atoms with van der Waals surface area (Å²) in [7, 11) is 1.51. The molecule has 3 aromatic rings. The number of ether oxygens (including phenoxy) is 1. The first kappa shape index (κ1) is 18.3. The Kier molecular flexibility index (Phi) is 5.49. The molecule has 0 aliphatic rings. The van der Waals surface area contributed by atoms with E-state index in [0.29, 0.717) is 11.1 Å². The molecule has 134 valence electrons. The van der Waals surface area contributed by atoms with E-state index in [1.807, 2.05) is 23.6 Å². The average molecular weight is 369 g/mol. The van der Waals surface area contributed by atoms with Crippen molar-refractivity contribution in [2.24, 2.45) is 0 Å². The van der Waals surface area contributed by atoms with Gasteiger partial charge in [-0.25, -0.2) is 4.39 Å². The van der Waals surface area contributed by atoms with E-state index in [-0.39, 0.29) is 18.3 Å². The molecule has 0 spiro atoms. The van der Waals surface area contributed by atoms with E-state index in [1.54, 1.807) is 48.6 Å². The highest BCUT2D eigenvalue weighted by Crippen LogP contribution is 2.26. The zero-order valence-electron chi connectivity index (χ0n) is 14.7. The van der Waals surface area contributed by atoms with Gasteiger partial charge in [0.05, 0.1) is 6.54 Å². The fraction of sp³-hybridized carbons (Fsp3) is 0.190. The second-order valence-corrected chi connectivity index (χ2v) is 6.97. The molecular formula is C21H20FNO2S. The largest absolute Gasteiger partial charge is 0.372 e. The van der Waals surface area contributed by atoms with Gasteiger partial charge in [-0.15, -0.1) is 0 Å². The molecular weight excluding hydrogens is 349 g/mol. The van der Waals surface area contributed by atoms with Gasteiger partial charge in [-0.05, 0) is 53.1 Å². The third kappa shape index (κ3) is 3.84. The smallest absolute Gasteiger partial charge is 0.251 e. The Labute approximate surface area is 156 Å². The van der Waals surface area contributed by atoms with Crippen LogP contribution in [0.2, 0.25) is 0 Å². The molecule has 26 heavy (non-hydrogen) atoms. The van der Waals surface area contributed by atoms with Crippen molar-refractivity contribution in [3.63, 3.8) is 0 Å². The van der Waals surface area contributed by atoms with E-state index in [1.165, 1.54) is 13.2 Å². The van der Waals surface area contributed by atoms with E-state index in [9.17, 15) is 9.18 Å². The van der Waals surface area contributed by atoms with E-state index in [2.05, 4.69) is 10.7 Å². The highest BCUT2D eigenvalue weighted by molar-refractivity contribution is 7.08. The number of carbonyl (C=O) groups is 1. The van der Waals surface area contributed by atoms with E-state index < -0.39 is 5.60 Å². The summed E-state index contributed by atoms with van der Waals surface area (Å²) in [6, 6.07) is 15.9. The molecule has 3 nitrogen and oxygen atoms in total. The number of halogens is 1. The number of methoxy groups -OCH3 is 1. The molecule has 0 aliphatic carbocycles. The van der Waals surface area contributed by atoms with Crippen LogP contribution in [-0.2, 0) is 10.3 Å². The van der Waals surface area contributed by atoms with Crippen LogP contribution in [0.5, 0.6) is 0 Å². The van der Waals surface area contributed by atoms with Crippen molar-refractivity contribution >= 4 is 17.2 Å². The normalized spacial score (nSPS) is 13.2. The maximum Gasteiger partial charge on any atom is 0.251 e. The number of benzene rings is 2. The van der Waals surface area contributed by atoms with Crippen LogP contribution in [0.25, 0.3) is 11.1 Å². The Morgan fingerprint density at radius 3 is 2.46 bits per heavy atom. The minimum atomic E-state index is -0.947. The molecule has 1 heterocycles. The molecule has 0 aliphatic heterocycles. The van der Waals surface area contributed by atoms with Gasteiger partial charge in [0, 0.05) is 18.2 Å². The minimum absolute atomic E-state index is 0.162. The zero-order chi connectivity index (χ0) is 18.6. The molecule has 1 unspecified atom stereocenters. The van der Waals surface area contributed by atoms with E-state index in [4.69, 9.17) is 4.74 Å². The van der Waals surface area contributed by atoms with Gasteiger partial charge in [-0.3, -0.25) is 4.79 Å². The van der Waals surface area contributed by atoms with Crippen molar-refractivity contribution in [2.75, 3.05) is 13.7 Å². The summed E-state index contributed by atoms with van der Waals surface area (Å²) in [5, 5.41) is 6.92. The Balaban J connectivity index is 1.70. The Morgan fingerprint density at radius 2 is 1.85 bits per heavy atom. The molecule has 1 aromatic heterocycles. The maximum atomic E-state index is 14.1. The van der Waals surface area contributed by atoms with E-state index >= 15 is 0 Å². The highest BCUT2D eigenvalue weighted by Gasteiger charge is 2.29. The summed E-state index contributed by atoms with van der Waals surface area (Å²) in [6.07, 6.45) is 0. The van der Waals surface area contributed by atoms with Gasteiger partial charge in [0.1, 0.15) is 11.4 Å². The topological polar surface area (TPSA) is 38.3 Å². The Hall–Kier alpha value is -2.50. The van der Waals surface area contributed by atoms with Crippen molar-refractivity contribution in [1.82, 2.24) is 5.32 Å². The first-order valence-corrected chi connectivity index (χ1v) is 9.19. The van der Waals surface area contributed by atoms with Crippen LogP contribution in [0.4, 0.5) is 4.39 Å². The second-order valence-electron chi connectivity index (χ2n) is 6.19. The van der Waals surface area contributed by atoms with Crippen LogP contribution < -0.4 is 5.32 Å². The van der Waals surface area contributed by atoms with Crippen molar-refractivity contribution in [3.8, 4) is 11.1 Å². The van der Waals surface area contributed by atoms with Gasteiger partial charge >= 0.3 is 0 Å². The number of nitrogens with one attached hydrogen (secondary N) is 1. The predicted octanol–water partition coefficient (Wildman–Crippen LogP) is 4.85. The standard InChI is InChI=1S/C21H20FNO2S/c1-21(25-2,18-5-3-4-6-19(18)22)14-23-20(24)16-9-7-15(8-10-16)17-11-12-26-13-17/h3-13H,14H2,1-2H3,(H,23,24). The van der Waals surface area contributed by atoms with Crippen molar-refractivity contribution in [1.29, 1.82) is 0 Å². The SMILES string of the molecule is COC(C)(CNC(=O)c1ccc(-c2ccsc2)cc1)c1ccccc1F. The van der Waals surface area contributed by atoms with Gasteiger partial charge in [0.2, 0.25) is 0 Å². The summed E-state index contributed by atoms with van der Waals surface area (Å²) >= 11 is 1.63. The fourth-order valence-corrected chi connectivity index (χ4v) is 3.43. The van der Waals surface area contributed by atoms with Crippen LogP contribution in [0.15, 0.2) is 65.4 Å². The summed E-state index contributed by atoms with van der Waals surface area (Å²) in [6.45, 7) is 1.92. The van der Waals surface area contributed by atoms with Crippen molar-refractivity contribution in [3.05, 3.63) is 82.3 Å². The number of carbonyl (C=O) groups excluding carboxylic acids is 1. The first-order valence-electron chi connectivity index (χ1n) is 8.24. The van der Waals surface area contributed by atoms with Gasteiger partial charge in [-0.2, -0.15) is 11.3 Å². The van der Waals surface area contributed by atoms with Crippen LogP contribution in [0.1, 0.15) is 22.8 Å². The summed E-state index contributed by atoms with van der Waals surface area (Å²) in [5.74, 6) is -0.576. The van der Waals surface area contributed by atoms with Crippen molar-refractivity contribution < 1.29 is 13.9 Å². The lowest BCUT2D eigenvalue weighted by atomic mass is 9.95. The maximum absolute atomic E-state index is 14.1.